The second-order valence-corrected chi connectivity index (χ2v) is 4.94. The van der Waals surface area contributed by atoms with Crippen LogP contribution in [0.1, 0.15) is 25.7 Å². The number of hydrogen-bond donors (Lipinski definition) is 1. The van der Waals surface area contributed by atoms with Crippen molar-refractivity contribution in [2.24, 2.45) is 0 Å². The van der Waals surface area contributed by atoms with Crippen molar-refractivity contribution >= 4 is 11.4 Å². The van der Waals surface area contributed by atoms with Gasteiger partial charge in [-0.15, -0.1) is 0 Å². The van der Waals surface area contributed by atoms with Crippen LogP contribution < -0.4 is 11.0 Å². The van der Waals surface area contributed by atoms with Crippen molar-refractivity contribution < 1.29 is 4.79 Å². The highest BCUT2D eigenvalue weighted by atomic mass is 16.2. The summed E-state index contributed by atoms with van der Waals surface area (Å²) < 4.78 is 2.67. The Morgan fingerprint density at radius 3 is 3.00 bits per heavy atom. The molecule has 0 spiro atoms. The standard InChI is InChI=1S/C13H16N4O2/c18-12(15-10-4-1-2-5-10)9-17-13(19)16-7-3-6-11(16)8-14-17/h3,6-8,10H,1-2,4-5,9H2,(H,15,18). The van der Waals surface area contributed by atoms with Gasteiger partial charge in [-0.3, -0.25) is 9.20 Å². The predicted molar refractivity (Wildman–Crippen MR) is 69.9 cm³/mol. The number of carbonyl (C=O) groups excluding carboxylic acids is 1. The van der Waals surface area contributed by atoms with E-state index in [1.54, 1.807) is 24.5 Å². The predicted octanol–water partition coefficient (Wildman–Crippen LogP) is 0.555. The first-order chi connectivity index (χ1) is 9.24. The molecule has 19 heavy (non-hydrogen) atoms. The highest BCUT2D eigenvalue weighted by Crippen LogP contribution is 2.17. The smallest absolute Gasteiger partial charge is 0.349 e. The molecule has 1 aliphatic rings. The zero-order chi connectivity index (χ0) is 13.2. The van der Waals surface area contributed by atoms with Gasteiger partial charge in [0.05, 0.1) is 11.7 Å². The number of carbonyl (C=O) groups is 1. The highest BCUT2D eigenvalue weighted by molar-refractivity contribution is 5.75. The summed E-state index contributed by atoms with van der Waals surface area (Å²) >= 11 is 0. The number of nitrogens with one attached hydrogen (secondary N) is 1. The number of rotatable bonds is 3. The molecule has 2 heterocycles. The summed E-state index contributed by atoms with van der Waals surface area (Å²) in [4.78, 5) is 23.9. The van der Waals surface area contributed by atoms with E-state index in [0.29, 0.717) is 0 Å². The van der Waals surface area contributed by atoms with Crippen LogP contribution in [0.25, 0.3) is 5.52 Å². The fraction of sp³-hybridized carbons (Fsp3) is 0.462. The minimum atomic E-state index is -0.288. The summed E-state index contributed by atoms with van der Waals surface area (Å²) in [7, 11) is 0. The Hall–Kier alpha value is -2.11. The van der Waals surface area contributed by atoms with E-state index in [2.05, 4.69) is 10.4 Å². The van der Waals surface area contributed by atoms with E-state index in [1.807, 2.05) is 0 Å². The van der Waals surface area contributed by atoms with Crippen LogP contribution in [0.15, 0.2) is 29.3 Å². The van der Waals surface area contributed by atoms with Gasteiger partial charge in [-0.05, 0) is 25.0 Å². The zero-order valence-corrected chi connectivity index (χ0v) is 10.6. The van der Waals surface area contributed by atoms with Crippen molar-refractivity contribution in [3.8, 4) is 0 Å². The summed E-state index contributed by atoms with van der Waals surface area (Å²) in [5.74, 6) is -0.145. The molecule has 1 N–H and O–H groups in total. The highest BCUT2D eigenvalue weighted by Gasteiger charge is 2.17. The minimum absolute atomic E-state index is 0.0244. The van der Waals surface area contributed by atoms with Crippen LogP contribution >= 0.6 is 0 Å². The van der Waals surface area contributed by atoms with Crippen molar-refractivity contribution in [2.75, 3.05) is 0 Å². The summed E-state index contributed by atoms with van der Waals surface area (Å²) in [5, 5.41) is 6.96. The van der Waals surface area contributed by atoms with Gasteiger partial charge in [0.25, 0.3) is 0 Å². The van der Waals surface area contributed by atoms with Crippen LogP contribution in [0.3, 0.4) is 0 Å². The molecule has 0 radical (unpaired) electrons. The van der Waals surface area contributed by atoms with E-state index < -0.39 is 0 Å². The molecular formula is C13H16N4O2. The lowest BCUT2D eigenvalue weighted by molar-refractivity contribution is -0.122. The first kappa shape index (κ1) is 12.0. The van der Waals surface area contributed by atoms with Gasteiger partial charge >= 0.3 is 5.69 Å². The first-order valence-corrected chi connectivity index (χ1v) is 6.56. The van der Waals surface area contributed by atoms with Gasteiger partial charge in [0, 0.05) is 12.2 Å². The molecule has 6 nitrogen and oxygen atoms in total. The van der Waals surface area contributed by atoms with Crippen molar-refractivity contribution in [1.82, 2.24) is 19.5 Å². The molecule has 0 unspecified atom stereocenters. The van der Waals surface area contributed by atoms with E-state index in [-0.39, 0.29) is 24.2 Å². The summed E-state index contributed by atoms with van der Waals surface area (Å²) in [5.41, 5.74) is 0.446. The minimum Gasteiger partial charge on any atom is -0.352 e. The second kappa shape index (κ2) is 4.87. The van der Waals surface area contributed by atoms with Crippen LogP contribution in [0.5, 0.6) is 0 Å². The van der Waals surface area contributed by atoms with Crippen LogP contribution in [0.4, 0.5) is 0 Å². The largest absolute Gasteiger partial charge is 0.352 e. The normalized spacial score (nSPS) is 16.0. The van der Waals surface area contributed by atoms with Gasteiger partial charge in [0.2, 0.25) is 5.91 Å². The Bertz CT molecular complexity index is 652. The third-order valence-corrected chi connectivity index (χ3v) is 3.55. The lowest BCUT2D eigenvalue weighted by Crippen LogP contribution is -2.39. The third-order valence-electron chi connectivity index (χ3n) is 3.55. The molecule has 0 bridgehead atoms. The second-order valence-electron chi connectivity index (χ2n) is 4.94. The number of nitrogens with zero attached hydrogens (tertiary/aromatic N) is 3. The van der Waals surface area contributed by atoms with E-state index in [4.69, 9.17) is 0 Å². The van der Waals surface area contributed by atoms with E-state index in [1.165, 1.54) is 21.9 Å². The maximum atomic E-state index is 12.0. The molecule has 1 aliphatic carbocycles. The third kappa shape index (κ3) is 2.38. The van der Waals surface area contributed by atoms with E-state index in [0.717, 1.165) is 18.4 Å². The first-order valence-electron chi connectivity index (χ1n) is 6.56. The van der Waals surface area contributed by atoms with Crippen molar-refractivity contribution in [3.05, 3.63) is 35.0 Å². The summed E-state index contributed by atoms with van der Waals surface area (Å²) in [6, 6.07) is 3.84. The number of aromatic nitrogens is 3. The summed E-state index contributed by atoms with van der Waals surface area (Å²) in [6.45, 7) is -0.0244. The molecule has 2 aromatic heterocycles. The van der Waals surface area contributed by atoms with Gasteiger partial charge in [-0.25, -0.2) is 9.48 Å². The van der Waals surface area contributed by atoms with Gasteiger partial charge in [0.1, 0.15) is 6.54 Å². The SMILES string of the molecule is O=C(Cn1ncc2cccn2c1=O)NC1CCCC1. The molecule has 0 aliphatic heterocycles. The Kier molecular flexibility index (Phi) is 3.06. The van der Waals surface area contributed by atoms with Crippen LogP contribution in [0, 0.1) is 0 Å². The Balaban J connectivity index is 1.75. The maximum absolute atomic E-state index is 12.0. The average molecular weight is 260 g/mol. The summed E-state index contributed by atoms with van der Waals surface area (Å²) in [6.07, 6.45) is 7.65. The van der Waals surface area contributed by atoms with Crippen molar-refractivity contribution in [3.63, 3.8) is 0 Å². The Morgan fingerprint density at radius 2 is 2.21 bits per heavy atom. The molecule has 3 rings (SSSR count). The van der Waals surface area contributed by atoms with Crippen LogP contribution in [-0.2, 0) is 11.3 Å². The van der Waals surface area contributed by atoms with Crippen LogP contribution in [0.2, 0.25) is 0 Å². The monoisotopic (exact) mass is 260 g/mol. The number of amides is 1. The van der Waals surface area contributed by atoms with Crippen LogP contribution in [-0.4, -0.2) is 26.1 Å². The van der Waals surface area contributed by atoms with Gasteiger partial charge in [-0.2, -0.15) is 5.10 Å². The maximum Gasteiger partial charge on any atom is 0.349 e. The average Bonchev–Trinajstić information content (AvgIpc) is 3.03. The molecule has 2 aromatic rings. The molecule has 0 aromatic carbocycles. The molecule has 1 fully saturated rings. The zero-order valence-electron chi connectivity index (χ0n) is 10.6. The van der Waals surface area contributed by atoms with Crippen molar-refractivity contribution in [1.29, 1.82) is 0 Å². The quantitative estimate of drug-likeness (QED) is 0.876. The van der Waals surface area contributed by atoms with Gasteiger partial charge in [-0.1, -0.05) is 12.8 Å². The molecule has 100 valence electrons. The van der Waals surface area contributed by atoms with Crippen molar-refractivity contribution in [2.45, 2.75) is 38.3 Å². The van der Waals surface area contributed by atoms with E-state index >= 15 is 0 Å². The molecular weight excluding hydrogens is 244 g/mol. The fourth-order valence-corrected chi connectivity index (χ4v) is 2.56. The molecule has 1 saturated carbocycles. The fourth-order valence-electron chi connectivity index (χ4n) is 2.56. The van der Waals surface area contributed by atoms with Gasteiger partial charge in [0.15, 0.2) is 0 Å². The lowest BCUT2D eigenvalue weighted by atomic mass is 10.2. The molecule has 0 saturated heterocycles. The topological polar surface area (TPSA) is 68.4 Å². The molecule has 6 heteroatoms. The van der Waals surface area contributed by atoms with Gasteiger partial charge < -0.3 is 5.32 Å². The molecule has 1 amide bonds. The Morgan fingerprint density at radius 1 is 1.42 bits per heavy atom. The molecule has 0 atom stereocenters. The number of fused-ring (bicyclic) bond motifs is 1. The Labute approximate surface area is 110 Å². The van der Waals surface area contributed by atoms with E-state index in [9.17, 15) is 9.59 Å². The number of hydrogen-bond acceptors (Lipinski definition) is 3. The lowest BCUT2D eigenvalue weighted by Gasteiger charge is -2.12.